The zero-order chi connectivity index (χ0) is 22.7. The topological polar surface area (TPSA) is 55.6 Å². The smallest absolute Gasteiger partial charge is 0.223 e. The highest BCUT2D eigenvalue weighted by atomic mass is 19.1. The zero-order valence-corrected chi connectivity index (χ0v) is 18.9. The van der Waals surface area contributed by atoms with Crippen LogP contribution in [0.15, 0.2) is 53.1 Å². The van der Waals surface area contributed by atoms with E-state index in [9.17, 15) is 9.18 Å². The summed E-state index contributed by atoms with van der Waals surface area (Å²) >= 11 is 0. The van der Waals surface area contributed by atoms with Crippen molar-refractivity contribution in [1.82, 2.24) is 10.1 Å². The molecule has 0 aliphatic carbocycles. The summed E-state index contributed by atoms with van der Waals surface area (Å²) in [5.41, 5.74) is 3.96. The van der Waals surface area contributed by atoms with Gasteiger partial charge in [-0.25, -0.2) is 4.39 Å². The average Bonchev–Trinajstić information content (AvgIpc) is 3.20. The molecule has 2 heterocycles. The molecule has 4 rings (SSSR count). The van der Waals surface area contributed by atoms with Crippen molar-refractivity contribution in [3.63, 3.8) is 0 Å². The number of hydrogen-bond acceptors (Lipinski definition) is 4. The Balaban J connectivity index is 1.26. The molecule has 0 bridgehead atoms. The molecule has 168 valence electrons. The maximum absolute atomic E-state index is 13.2. The van der Waals surface area contributed by atoms with E-state index in [0.29, 0.717) is 44.7 Å². The standard InChI is InChI=1S/C26H29FN2O3/c1-26(2,3)19-8-12-21(13-9-19)31-16-4-5-24(30)29-15-14-22-23(17-29)28-32-25(22)18-6-10-20(27)11-7-18/h6-13H,4-5,14-17H2,1-3H3. The Bertz CT molecular complexity index is 1070. The normalized spacial score (nSPS) is 13.7. The first-order chi connectivity index (χ1) is 15.3. The van der Waals surface area contributed by atoms with E-state index in [1.165, 1.54) is 17.7 Å². The Morgan fingerprint density at radius 2 is 1.84 bits per heavy atom. The Morgan fingerprint density at radius 3 is 2.53 bits per heavy atom. The van der Waals surface area contributed by atoms with Crippen LogP contribution in [0.4, 0.5) is 4.39 Å². The van der Waals surface area contributed by atoms with Crippen molar-refractivity contribution in [2.75, 3.05) is 13.2 Å². The van der Waals surface area contributed by atoms with Crippen molar-refractivity contribution in [3.8, 4) is 17.1 Å². The van der Waals surface area contributed by atoms with Crippen LogP contribution in [-0.2, 0) is 23.2 Å². The highest BCUT2D eigenvalue weighted by Gasteiger charge is 2.27. The lowest BCUT2D eigenvalue weighted by molar-refractivity contribution is -0.132. The molecule has 1 aromatic heterocycles. The van der Waals surface area contributed by atoms with Gasteiger partial charge in [0.15, 0.2) is 5.76 Å². The predicted molar refractivity (Wildman–Crippen MR) is 121 cm³/mol. The van der Waals surface area contributed by atoms with Crippen LogP contribution < -0.4 is 4.74 Å². The Kier molecular flexibility index (Phi) is 6.31. The molecule has 0 radical (unpaired) electrons. The third-order valence-electron chi connectivity index (χ3n) is 5.83. The summed E-state index contributed by atoms with van der Waals surface area (Å²) in [5.74, 6) is 1.29. The molecule has 2 aromatic carbocycles. The van der Waals surface area contributed by atoms with Crippen LogP contribution in [0.5, 0.6) is 5.75 Å². The van der Waals surface area contributed by atoms with Crippen molar-refractivity contribution in [2.45, 2.75) is 52.0 Å². The average molecular weight is 437 g/mol. The highest BCUT2D eigenvalue weighted by Crippen LogP contribution is 2.30. The first kappa shape index (κ1) is 22.1. The van der Waals surface area contributed by atoms with Gasteiger partial charge in [0.2, 0.25) is 5.91 Å². The minimum Gasteiger partial charge on any atom is -0.494 e. The van der Waals surface area contributed by atoms with E-state index < -0.39 is 0 Å². The summed E-state index contributed by atoms with van der Waals surface area (Å²) in [5, 5.41) is 4.16. The number of carbonyl (C=O) groups is 1. The molecule has 6 heteroatoms. The van der Waals surface area contributed by atoms with E-state index in [0.717, 1.165) is 22.6 Å². The van der Waals surface area contributed by atoms with E-state index in [1.54, 1.807) is 12.1 Å². The molecular weight excluding hydrogens is 407 g/mol. The lowest BCUT2D eigenvalue weighted by Gasteiger charge is -2.26. The maximum Gasteiger partial charge on any atom is 0.223 e. The van der Waals surface area contributed by atoms with Crippen molar-refractivity contribution in [3.05, 3.63) is 71.2 Å². The van der Waals surface area contributed by atoms with Crippen LogP contribution in [0, 0.1) is 5.82 Å². The molecule has 0 N–H and O–H groups in total. The Labute approximate surface area is 188 Å². The molecular formula is C26H29FN2O3. The second-order valence-corrected chi connectivity index (χ2v) is 9.24. The number of fused-ring (bicyclic) bond motifs is 1. The van der Waals surface area contributed by atoms with Crippen molar-refractivity contribution >= 4 is 5.91 Å². The molecule has 3 aromatic rings. The van der Waals surface area contributed by atoms with Gasteiger partial charge in [0, 0.05) is 24.1 Å². The summed E-state index contributed by atoms with van der Waals surface area (Å²) < 4.78 is 24.5. The predicted octanol–water partition coefficient (Wildman–Crippen LogP) is 5.52. The molecule has 0 fully saturated rings. The van der Waals surface area contributed by atoms with E-state index >= 15 is 0 Å². The fraction of sp³-hybridized carbons (Fsp3) is 0.385. The first-order valence-corrected chi connectivity index (χ1v) is 11.1. The third kappa shape index (κ3) is 5.01. The Hall–Kier alpha value is -3.15. The number of benzene rings is 2. The SMILES string of the molecule is CC(C)(C)c1ccc(OCCCC(=O)N2CCc3c(noc3-c3ccc(F)cc3)C2)cc1. The largest absolute Gasteiger partial charge is 0.494 e. The quantitative estimate of drug-likeness (QED) is 0.477. The van der Waals surface area contributed by atoms with E-state index in [2.05, 4.69) is 38.1 Å². The summed E-state index contributed by atoms with van der Waals surface area (Å²) in [7, 11) is 0. The van der Waals surface area contributed by atoms with Gasteiger partial charge in [0.05, 0.1) is 13.2 Å². The highest BCUT2D eigenvalue weighted by molar-refractivity contribution is 5.76. The molecule has 1 amide bonds. The molecule has 1 aliphatic heterocycles. The van der Waals surface area contributed by atoms with Crippen molar-refractivity contribution in [1.29, 1.82) is 0 Å². The lowest BCUT2D eigenvalue weighted by Crippen LogP contribution is -2.36. The van der Waals surface area contributed by atoms with Gasteiger partial charge in [-0.2, -0.15) is 0 Å². The fourth-order valence-electron chi connectivity index (χ4n) is 3.89. The van der Waals surface area contributed by atoms with E-state index in [1.807, 2.05) is 17.0 Å². The monoisotopic (exact) mass is 436 g/mol. The van der Waals surface area contributed by atoms with Gasteiger partial charge < -0.3 is 14.2 Å². The van der Waals surface area contributed by atoms with Gasteiger partial charge in [-0.3, -0.25) is 4.79 Å². The summed E-state index contributed by atoms with van der Waals surface area (Å²) in [6.45, 7) is 8.10. The van der Waals surface area contributed by atoms with Crippen LogP contribution in [-0.4, -0.2) is 29.1 Å². The molecule has 0 saturated heterocycles. The molecule has 0 spiro atoms. The van der Waals surface area contributed by atoms with Gasteiger partial charge in [-0.05, 0) is 60.2 Å². The van der Waals surface area contributed by atoms with Crippen LogP contribution in [0.25, 0.3) is 11.3 Å². The van der Waals surface area contributed by atoms with Crippen LogP contribution in [0.3, 0.4) is 0 Å². The summed E-state index contributed by atoms with van der Waals surface area (Å²) in [4.78, 5) is 14.5. The third-order valence-corrected chi connectivity index (χ3v) is 5.83. The van der Waals surface area contributed by atoms with Gasteiger partial charge >= 0.3 is 0 Å². The van der Waals surface area contributed by atoms with E-state index in [-0.39, 0.29) is 17.1 Å². The summed E-state index contributed by atoms with van der Waals surface area (Å²) in [6, 6.07) is 14.3. The number of rotatable bonds is 6. The molecule has 0 atom stereocenters. The molecule has 5 nitrogen and oxygen atoms in total. The maximum atomic E-state index is 13.2. The Morgan fingerprint density at radius 1 is 1.12 bits per heavy atom. The second-order valence-electron chi connectivity index (χ2n) is 9.24. The van der Waals surface area contributed by atoms with Crippen LogP contribution in [0.2, 0.25) is 0 Å². The number of amides is 1. The lowest BCUT2D eigenvalue weighted by atomic mass is 9.87. The molecule has 32 heavy (non-hydrogen) atoms. The number of hydrogen-bond donors (Lipinski definition) is 0. The van der Waals surface area contributed by atoms with Gasteiger partial charge in [-0.15, -0.1) is 0 Å². The molecule has 1 aliphatic rings. The number of carbonyl (C=O) groups excluding carboxylic acids is 1. The zero-order valence-electron chi connectivity index (χ0n) is 18.9. The summed E-state index contributed by atoms with van der Waals surface area (Å²) in [6.07, 6.45) is 1.76. The molecule has 0 saturated carbocycles. The first-order valence-electron chi connectivity index (χ1n) is 11.1. The van der Waals surface area contributed by atoms with Gasteiger partial charge in [0.25, 0.3) is 0 Å². The van der Waals surface area contributed by atoms with Crippen LogP contribution >= 0.6 is 0 Å². The number of aromatic nitrogens is 1. The van der Waals surface area contributed by atoms with Gasteiger partial charge in [0.1, 0.15) is 17.3 Å². The van der Waals surface area contributed by atoms with E-state index in [4.69, 9.17) is 9.26 Å². The molecule has 0 unspecified atom stereocenters. The minimum atomic E-state index is -0.287. The number of halogens is 1. The second kappa shape index (κ2) is 9.15. The van der Waals surface area contributed by atoms with Crippen molar-refractivity contribution in [2.24, 2.45) is 0 Å². The minimum absolute atomic E-state index is 0.0914. The van der Waals surface area contributed by atoms with Crippen LogP contribution in [0.1, 0.15) is 50.4 Å². The van der Waals surface area contributed by atoms with Crippen molar-refractivity contribution < 1.29 is 18.4 Å². The van der Waals surface area contributed by atoms with Gasteiger partial charge in [-0.1, -0.05) is 38.1 Å². The fourth-order valence-corrected chi connectivity index (χ4v) is 3.89. The number of nitrogens with zero attached hydrogens (tertiary/aromatic N) is 2. The number of ether oxygens (including phenoxy) is 1.